The van der Waals surface area contributed by atoms with Gasteiger partial charge in [0.05, 0.1) is 27.6 Å². The highest BCUT2D eigenvalue weighted by atomic mass is 15.0. The molecular weight excluding hydrogens is 671 g/mol. The van der Waals surface area contributed by atoms with E-state index in [4.69, 9.17) is 15.0 Å². The highest BCUT2D eigenvalue weighted by Gasteiger charge is 2.20. The average molecular weight is 700 g/mol. The fourth-order valence-corrected chi connectivity index (χ4v) is 8.98. The average Bonchev–Trinajstić information content (AvgIpc) is 3.61. The molecule has 0 N–H and O–H groups in total. The Labute approximate surface area is 314 Å². The molecular formula is C50H29N5. The molecule has 12 rings (SSSR count). The molecule has 4 heterocycles. The van der Waals surface area contributed by atoms with E-state index in [1.54, 1.807) is 12.4 Å². The topological polar surface area (TPSA) is 56.5 Å². The predicted molar refractivity (Wildman–Crippen MR) is 228 cm³/mol. The number of pyridine rings is 2. The Morgan fingerprint density at radius 3 is 1.85 bits per heavy atom. The van der Waals surface area contributed by atoms with E-state index in [0.717, 1.165) is 54.9 Å². The van der Waals surface area contributed by atoms with Crippen LogP contribution in [0.1, 0.15) is 0 Å². The van der Waals surface area contributed by atoms with Crippen molar-refractivity contribution in [1.82, 2.24) is 24.5 Å². The molecule has 0 amide bonds. The first-order valence-electron chi connectivity index (χ1n) is 18.5. The van der Waals surface area contributed by atoms with Crippen LogP contribution in [0.4, 0.5) is 0 Å². The van der Waals surface area contributed by atoms with Crippen LogP contribution in [0, 0.1) is 0 Å². The van der Waals surface area contributed by atoms with Gasteiger partial charge in [-0.3, -0.25) is 19.9 Å². The first kappa shape index (κ1) is 30.0. The van der Waals surface area contributed by atoms with Gasteiger partial charge in [-0.15, -0.1) is 0 Å². The lowest BCUT2D eigenvalue weighted by Crippen LogP contribution is -1.96. The fourth-order valence-electron chi connectivity index (χ4n) is 8.98. The third-order valence-corrected chi connectivity index (χ3v) is 11.4. The molecule has 0 aliphatic heterocycles. The SMILES string of the molecule is c1cc(-c2cccc(-n3c4ccccc4c4ccc5c6nccnc6c6ccccc6c5c43)c2)cc(-c2ccc3c(c2)c2cccnc2c2cnccc32)c1. The molecule has 4 aromatic heterocycles. The zero-order valence-electron chi connectivity index (χ0n) is 29.5. The van der Waals surface area contributed by atoms with Crippen LogP contribution < -0.4 is 0 Å². The standard InChI is InChI=1S/C50H29N5/c1-2-14-39-38(13-1)46-42(49-48(39)53-24-25-54-49)20-19-41-37-12-3-4-16-45(37)55(50(41)46)34-11-6-10-32(27-34)30-8-5-9-31(26-30)33-17-18-35-36-21-23-51-29-44(36)47-40(43(35)28-33)15-7-22-52-47/h1-29H. The second kappa shape index (κ2) is 11.5. The molecule has 5 heteroatoms. The van der Waals surface area contributed by atoms with E-state index in [0.29, 0.717) is 0 Å². The number of rotatable bonds is 3. The predicted octanol–water partition coefficient (Wildman–Crippen LogP) is 12.6. The summed E-state index contributed by atoms with van der Waals surface area (Å²) in [5.74, 6) is 0. The number of aromatic nitrogens is 5. The van der Waals surface area contributed by atoms with Crippen LogP contribution in [0.15, 0.2) is 177 Å². The summed E-state index contributed by atoms with van der Waals surface area (Å²) in [7, 11) is 0. The summed E-state index contributed by atoms with van der Waals surface area (Å²) in [6.07, 6.45) is 9.24. The minimum absolute atomic E-state index is 0.920. The first-order chi connectivity index (χ1) is 27.3. The molecule has 5 nitrogen and oxygen atoms in total. The van der Waals surface area contributed by atoms with Gasteiger partial charge in [0.25, 0.3) is 0 Å². The van der Waals surface area contributed by atoms with E-state index in [2.05, 4.69) is 149 Å². The Morgan fingerprint density at radius 2 is 0.982 bits per heavy atom. The zero-order chi connectivity index (χ0) is 36.0. The van der Waals surface area contributed by atoms with Crippen LogP contribution in [-0.4, -0.2) is 24.5 Å². The highest BCUT2D eigenvalue weighted by Crippen LogP contribution is 2.43. The van der Waals surface area contributed by atoms with Gasteiger partial charge in [-0.05, 0) is 86.3 Å². The molecule has 254 valence electrons. The van der Waals surface area contributed by atoms with Crippen molar-refractivity contribution >= 4 is 86.8 Å². The van der Waals surface area contributed by atoms with Crippen LogP contribution in [0.5, 0.6) is 0 Å². The van der Waals surface area contributed by atoms with E-state index in [9.17, 15) is 0 Å². The number of para-hydroxylation sites is 1. The number of hydrogen-bond donors (Lipinski definition) is 0. The summed E-state index contributed by atoms with van der Waals surface area (Å²) >= 11 is 0. The van der Waals surface area contributed by atoms with Gasteiger partial charge in [0.1, 0.15) is 0 Å². The van der Waals surface area contributed by atoms with E-state index in [-0.39, 0.29) is 0 Å². The lowest BCUT2D eigenvalue weighted by molar-refractivity contribution is 1.19. The molecule has 0 unspecified atom stereocenters. The first-order valence-corrected chi connectivity index (χ1v) is 18.5. The minimum Gasteiger partial charge on any atom is -0.309 e. The molecule has 0 bridgehead atoms. The molecule has 0 spiro atoms. The van der Waals surface area contributed by atoms with Gasteiger partial charge in [0.15, 0.2) is 0 Å². The third kappa shape index (κ3) is 4.35. The molecule has 12 aromatic rings. The summed E-state index contributed by atoms with van der Waals surface area (Å²) < 4.78 is 2.44. The van der Waals surface area contributed by atoms with Crippen molar-refractivity contribution in [1.29, 1.82) is 0 Å². The van der Waals surface area contributed by atoms with Crippen molar-refractivity contribution in [3.05, 3.63) is 177 Å². The fraction of sp³-hybridized carbons (Fsp3) is 0. The lowest BCUT2D eigenvalue weighted by atomic mass is 9.93. The lowest BCUT2D eigenvalue weighted by Gasteiger charge is -2.15. The van der Waals surface area contributed by atoms with Crippen molar-refractivity contribution < 1.29 is 0 Å². The normalized spacial score (nSPS) is 12.0. The van der Waals surface area contributed by atoms with Crippen molar-refractivity contribution in [3.63, 3.8) is 0 Å². The molecule has 55 heavy (non-hydrogen) atoms. The Hall–Kier alpha value is -7.50. The quantitative estimate of drug-likeness (QED) is 0.172. The van der Waals surface area contributed by atoms with Gasteiger partial charge < -0.3 is 4.57 Å². The van der Waals surface area contributed by atoms with E-state index >= 15 is 0 Å². The second-order valence-electron chi connectivity index (χ2n) is 14.2. The second-order valence-corrected chi connectivity index (χ2v) is 14.2. The van der Waals surface area contributed by atoms with Crippen LogP contribution in [0.2, 0.25) is 0 Å². The number of hydrogen-bond acceptors (Lipinski definition) is 4. The maximum absolute atomic E-state index is 4.88. The summed E-state index contributed by atoms with van der Waals surface area (Å²) in [5, 5.41) is 12.8. The molecule has 0 aliphatic rings. The monoisotopic (exact) mass is 699 g/mol. The number of benzene rings is 8. The van der Waals surface area contributed by atoms with Crippen LogP contribution in [0.3, 0.4) is 0 Å². The molecule has 0 aliphatic carbocycles. The number of nitrogens with zero attached hydrogens (tertiary/aromatic N) is 5. The summed E-state index contributed by atoms with van der Waals surface area (Å²) in [4.78, 5) is 18.9. The van der Waals surface area contributed by atoms with E-state index < -0.39 is 0 Å². The van der Waals surface area contributed by atoms with E-state index in [1.807, 2.05) is 24.7 Å². The van der Waals surface area contributed by atoms with Crippen LogP contribution in [-0.2, 0) is 0 Å². The van der Waals surface area contributed by atoms with Crippen LogP contribution >= 0.6 is 0 Å². The van der Waals surface area contributed by atoms with Gasteiger partial charge >= 0.3 is 0 Å². The molecule has 0 saturated carbocycles. The van der Waals surface area contributed by atoms with Gasteiger partial charge in [0.2, 0.25) is 0 Å². The highest BCUT2D eigenvalue weighted by molar-refractivity contribution is 6.32. The van der Waals surface area contributed by atoms with Gasteiger partial charge in [-0.1, -0.05) is 103 Å². The van der Waals surface area contributed by atoms with Gasteiger partial charge in [-0.2, -0.15) is 0 Å². The maximum Gasteiger partial charge on any atom is 0.0972 e. The van der Waals surface area contributed by atoms with Crippen molar-refractivity contribution in [2.24, 2.45) is 0 Å². The molecule has 8 aromatic carbocycles. The van der Waals surface area contributed by atoms with Gasteiger partial charge in [-0.25, -0.2) is 0 Å². The number of fused-ring (bicyclic) bond motifs is 16. The van der Waals surface area contributed by atoms with E-state index in [1.165, 1.54) is 59.9 Å². The summed E-state index contributed by atoms with van der Waals surface area (Å²) in [6, 6.07) is 52.7. The Balaban J connectivity index is 1.06. The smallest absolute Gasteiger partial charge is 0.0972 e. The Morgan fingerprint density at radius 1 is 0.345 bits per heavy atom. The molecule has 0 atom stereocenters. The largest absolute Gasteiger partial charge is 0.309 e. The summed E-state index contributed by atoms with van der Waals surface area (Å²) in [5.41, 5.74) is 10.9. The minimum atomic E-state index is 0.920. The van der Waals surface area contributed by atoms with Crippen LogP contribution in [0.25, 0.3) is 115 Å². The third-order valence-electron chi connectivity index (χ3n) is 11.4. The van der Waals surface area contributed by atoms with Crippen molar-refractivity contribution in [2.45, 2.75) is 0 Å². The maximum atomic E-state index is 4.88. The van der Waals surface area contributed by atoms with Gasteiger partial charge in [0, 0.05) is 74.4 Å². The Bertz CT molecular complexity index is 3490. The zero-order valence-corrected chi connectivity index (χ0v) is 29.5. The van der Waals surface area contributed by atoms with Crippen molar-refractivity contribution in [2.75, 3.05) is 0 Å². The molecule has 0 radical (unpaired) electrons. The molecule has 0 saturated heterocycles. The molecule has 0 fully saturated rings. The van der Waals surface area contributed by atoms with Crippen molar-refractivity contribution in [3.8, 4) is 27.9 Å². The Kier molecular flexibility index (Phi) is 6.27. The summed E-state index contributed by atoms with van der Waals surface area (Å²) in [6.45, 7) is 0.